The Morgan fingerprint density at radius 2 is 1.88 bits per heavy atom. The van der Waals surface area contributed by atoms with E-state index < -0.39 is 0 Å². The Labute approximate surface area is 101 Å². The minimum absolute atomic E-state index is 0.561. The molecule has 1 heterocycles. The highest BCUT2D eigenvalue weighted by Crippen LogP contribution is 2.24. The zero-order chi connectivity index (χ0) is 12.1. The Morgan fingerprint density at radius 1 is 1.12 bits per heavy atom. The Hall–Kier alpha value is -1.97. The van der Waals surface area contributed by atoms with Gasteiger partial charge in [-0.1, -0.05) is 37.3 Å². The first-order valence-corrected chi connectivity index (χ1v) is 5.71. The molecule has 4 nitrogen and oxygen atoms in total. The molecule has 0 saturated heterocycles. The second-order valence-corrected chi connectivity index (χ2v) is 3.73. The molecule has 0 unspecified atom stereocenters. The number of aromatic nitrogens is 3. The van der Waals surface area contributed by atoms with Crippen LogP contribution in [0.25, 0.3) is 11.3 Å². The van der Waals surface area contributed by atoms with E-state index in [9.17, 15) is 0 Å². The Bertz CT molecular complexity index is 485. The number of aryl methyl sites for hydroxylation is 1. The van der Waals surface area contributed by atoms with Crippen molar-refractivity contribution in [2.24, 2.45) is 0 Å². The van der Waals surface area contributed by atoms with Gasteiger partial charge in [-0.15, -0.1) is 10.2 Å². The molecule has 2 rings (SSSR count). The van der Waals surface area contributed by atoms with Crippen LogP contribution in [0.4, 0.5) is 0 Å². The largest absolute Gasteiger partial charge is 0.476 e. The van der Waals surface area contributed by atoms with E-state index in [0.29, 0.717) is 24.0 Å². The molecule has 1 aromatic heterocycles. The Kier molecular flexibility index (Phi) is 3.65. The van der Waals surface area contributed by atoms with Gasteiger partial charge in [0.05, 0.1) is 6.61 Å². The zero-order valence-corrected chi connectivity index (χ0v) is 10.1. The summed E-state index contributed by atoms with van der Waals surface area (Å²) in [5.41, 5.74) is 1.67. The fourth-order valence-corrected chi connectivity index (χ4v) is 1.46. The van der Waals surface area contributed by atoms with Gasteiger partial charge in [-0.25, -0.2) is 0 Å². The lowest BCUT2D eigenvalue weighted by Crippen LogP contribution is -2.04. The van der Waals surface area contributed by atoms with Crippen molar-refractivity contribution in [1.29, 1.82) is 0 Å². The van der Waals surface area contributed by atoms with Gasteiger partial charge in [0.2, 0.25) is 5.88 Å². The van der Waals surface area contributed by atoms with E-state index in [2.05, 4.69) is 22.1 Å². The van der Waals surface area contributed by atoms with Crippen molar-refractivity contribution >= 4 is 0 Å². The molecule has 0 saturated carbocycles. The number of rotatable bonds is 4. The normalized spacial score (nSPS) is 10.2. The molecule has 0 fully saturated rings. The summed E-state index contributed by atoms with van der Waals surface area (Å²) >= 11 is 0. The molecule has 1 aromatic carbocycles. The van der Waals surface area contributed by atoms with Gasteiger partial charge in [-0.2, -0.15) is 4.98 Å². The van der Waals surface area contributed by atoms with Crippen LogP contribution in [0, 0.1) is 6.92 Å². The molecule has 0 aliphatic rings. The fraction of sp³-hybridized carbons (Fsp3) is 0.308. The van der Waals surface area contributed by atoms with E-state index in [1.165, 1.54) is 0 Å². The van der Waals surface area contributed by atoms with Crippen LogP contribution in [0.2, 0.25) is 0 Å². The summed E-state index contributed by atoms with van der Waals surface area (Å²) in [6.45, 7) is 4.50. The van der Waals surface area contributed by atoms with Crippen LogP contribution in [0.1, 0.15) is 19.2 Å². The smallest absolute Gasteiger partial charge is 0.244 e. The third-order valence-electron chi connectivity index (χ3n) is 2.25. The van der Waals surface area contributed by atoms with Gasteiger partial charge >= 0.3 is 0 Å². The molecular weight excluding hydrogens is 214 g/mol. The van der Waals surface area contributed by atoms with E-state index in [0.717, 1.165) is 12.0 Å². The predicted octanol–water partition coefficient (Wildman–Crippen LogP) is 2.64. The summed E-state index contributed by atoms with van der Waals surface area (Å²) in [7, 11) is 0. The lowest BCUT2D eigenvalue weighted by atomic mass is 10.1. The molecule has 0 atom stereocenters. The Balaban J connectivity index is 2.39. The third-order valence-corrected chi connectivity index (χ3v) is 2.25. The van der Waals surface area contributed by atoms with Crippen LogP contribution in [-0.2, 0) is 0 Å². The van der Waals surface area contributed by atoms with Gasteiger partial charge in [0.25, 0.3) is 0 Å². The second-order valence-electron chi connectivity index (χ2n) is 3.73. The number of hydrogen-bond acceptors (Lipinski definition) is 4. The molecule has 2 aromatic rings. The van der Waals surface area contributed by atoms with Crippen LogP contribution < -0.4 is 4.74 Å². The highest BCUT2D eigenvalue weighted by atomic mass is 16.5. The van der Waals surface area contributed by atoms with Gasteiger partial charge in [0, 0.05) is 5.56 Å². The maximum atomic E-state index is 5.61. The molecule has 0 bridgehead atoms. The van der Waals surface area contributed by atoms with E-state index >= 15 is 0 Å². The molecule has 0 spiro atoms. The van der Waals surface area contributed by atoms with E-state index in [-0.39, 0.29) is 0 Å². The molecule has 0 amide bonds. The van der Waals surface area contributed by atoms with E-state index in [1.54, 1.807) is 6.92 Å². The van der Waals surface area contributed by atoms with Crippen molar-refractivity contribution in [1.82, 2.24) is 15.2 Å². The van der Waals surface area contributed by atoms with E-state index in [1.807, 2.05) is 30.3 Å². The van der Waals surface area contributed by atoms with Crippen LogP contribution in [0.5, 0.6) is 5.88 Å². The van der Waals surface area contributed by atoms with Crippen LogP contribution in [-0.4, -0.2) is 21.8 Å². The van der Waals surface area contributed by atoms with Crippen LogP contribution >= 0.6 is 0 Å². The van der Waals surface area contributed by atoms with Gasteiger partial charge in [0.1, 0.15) is 0 Å². The highest BCUT2D eigenvalue weighted by Gasteiger charge is 2.10. The van der Waals surface area contributed by atoms with Crippen molar-refractivity contribution in [2.45, 2.75) is 20.3 Å². The standard InChI is InChI=1S/C13H15N3O/c1-3-9-17-13-12(16-15-10(2)14-13)11-7-5-4-6-8-11/h4-8H,3,9H2,1-2H3. The van der Waals surface area contributed by atoms with Crippen molar-refractivity contribution < 1.29 is 4.74 Å². The average Bonchev–Trinajstić information content (AvgIpc) is 2.37. The van der Waals surface area contributed by atoms with Crippen molar-refractivity contribution in [3.8, 4) is 17.1 Å². The third kappa shape index (κ3) is 2.78. The molecular formula is C13H15N3O. The summed E-state index contributed by atoms with van der Waals surface area (Å²) in [6.07, 6.45) is 0.942. The first-order chi connectivity index (χ1) is 8.31. The zero-order valence-electron chi connectivity index (χ0n) is 10.1. The maximum absolute atomic E-state index is 5.61. The minimum atomic E-state index is 0.561. The molecule has 4 heteroatoms. The number of hydrogen-bond donors (Lipinski definition) is 0. The van der Waals surface area contributed by atoms with Crippen molar-refractivity contribution in [3.63, 3.8) is 0 Å². The van der Waals surface area contributed by atoms with Crippen molar-refractivity contribution in [3.05, 3.63) is 36.2 Å². The number of benzene rings is 1. The van der Waals surface area contributed by atoms with Crippen LogP contribution in [0.15, 0.2) is 30.3 Å². The summed E-state index contributed by atoms with van der Waals surface area (Å²) < 4.78 is 5.61. The monoisotopic (exact) mass is 229 g/mol. The predicted molar refractivity (Wildman–Crippen MR) is 65.8 cm³/mol. The van der Waals surface area contributed by atoms with E-state index in [4.69, 9.17) is 4.74 Å². The average molecular weight is 229 g/mol. The fourth-order valence-electron chi connectivity index (χ4n) is 1.46. The van der Waals surface area contributed by atoms with Crippen LogP contribution in [0.3, 0.4) is 0 Å². The first kappa shape index (κ1) is 11.5. The van der Waals surface area contributed by atoms with Gasteiger partial charge in [-0.05, 0) is 13.3 Å². The second kappa shape index (κ2) is 5.39. The van der Waals surface area contributed by atoms with Gasteiger partial charge < -0.3 is 4.74 Å². The lowest BCUT2D eigenvalue weighted by Gasteiger charge is -2.08. The topological polar surface area (TPSA) is 47.9 Å². The quantitative estimate of drug-likeness (QED) is 0.808. The minimum Gasteiger partial charge on any atom is -0.476 e. The number of nitrogens with zero attached hydrogens (tertiary/aromatic N) is 3. The van der Waals surface area contributed by atoms with Crippen molar-refractivity contribution in [2.75, 3.05) is 6.61 Å². The number of ether oxygens (including phenoxy) is 1. The lowest BCUT2D eigenvalue weighted by molar-refractivity contribution is 0.303. The SMILES string of the molecule is CCCOc1nc(C)nnc1-c1ccccc1. The molecule has 88 valence electrons. The molecule has 0 aliphatic carbocycles. The molecule has 17 heavy (non-hydrogen) atoms. The summed E-state index contributed by atoms with van der Waals surface area (Å²) in [5, 5.41) is 8.15. The molecule has 0 aliphatic heterocycles. The first-order valence-electron chi connectivity index (χ1n) is 5.71. The summed E-state index contributed by atoms with van der Waals surface area (Å²) in [4.78, 5) is 4.29. The maximum Gasteiger partial charge on any atom is 0.244 e. The summed E-state index contributed by atoms with van der Waals surface area (Å²) in [5.74, 6) is 1.18. The highest BCUT2D eigenvalue weighted by molar-refractivity contribution is 5.63. The van der Waals surface area contributed by atoms with Gasteiger partial charge in [-0.3, -0.25) is 0 Å². The Morgan fingerprint density at radius 3 is 2.59 bits per heavy atom. The van der Waals surface area contributed by atoms with Gasteiger partial charge in [0.15, 0.2) is 11.5 Å². The summed E-state index contributed by atoms with van der Waals surface area (Å²) in [6, 6.07) is 9.83. The molecule has 0 radical (unpaired) electrons. The molecule has 0 N–H and O–H groups in total.